The van der Waals surface area contributed by atoms with Crippen molar-refractivity contribution in [1.29, 1.82) is 0 Å². The van der Waals surface area contributed by atoms with Gasteiger partial charge in [0.1, 0.15) is 6.04 Å². The minimum absolute atomic E-state index is 0.0396. The zero-order chi connectivity index (χ0) is 24.9. The van der Waals surface area contributed by atoms with Crippen molar-refractivity contribution in [2.45, 2.75) is 31.5 Å². The molecule has 0 saturated carbocycles. The number of hydrogen-bond donors (Lipinski definition) is 2. The van der Waals surface area contributed by atoms with Crippen molar-refractivity contribution in [3.05, 3.63) is 101 Å². The summed E-state index contributed by atoms with van der Waals surface area (Å²) in [5, 5.41) is 7.06. The van der Waals surface area contributed by atoms with Gasteiger partial charge in [0.15, 0.2) is 0 Å². The number of anilines is 1. The molecular weight excluding hydrogens is 472 g/mol. The van der Waals surface area contributed by atoms with Crippen molar-refractivity contribution in [1.82, 2.24) is 15.5 Å². The van der Waals surface area contributed by atoms with Crippen LogP contribution in [0.15, 0.2) is 78.9 Å². The number of hydrogen-bond acceptors (Lipinski definition) is 4. The summed E-state index contributed by atoms with van der Waals surface area (Å²) >= 11 is 6.07. The number of nitrogens with zero attached hydrogens (tertiary/aromatic N) is 2. The summed E-state index contributed by atoms with van der Waals surface area (Å²) in [5.41, 5.74) is 4.52. The predicted octanol–water partition coefficient (Wildman–Crippen LogP) is 3.43. The lowest BCUT2D eigenvalue weighted by Crippen LogP contribution is -2.58. The zero-order valence-corrected chi connectivity index (χ0v) is 21.0. The Labute approximate surface area is 217 Å². The highest BCUT2D eigenvalue weighted by Gasteiger charge is 2.32. The van der Waals surface area contributed by atoms with E-state index >= 15 is 0 Å². The lowest BCUT2D eigenvalue weighted by atomic mass is 9.95. The molecule has 36 heavy (non-hydrogen) atoms. The number of para-hydroxylation sites is 1. The molecule has 186 valence electrons. The normalized spacial score (nSPS) is 18.3. The van der Waals surface area contributed by atoms with E-state index in [1.807, 2.05) is 59.5 Å². The monoisotopic (exact) mass is 502 g/mol. The van der Waals surface area contributed by atoms with Crippen LogP contribution in [0.2, 0.25) is 5.02 Å². The third-order valence-corrected chi connectivity index (χ3v) is 7.33. The van der Waals surface area contributed by atoms with Gasteiger partial charge in [-0.2, -0.15) is 0 Å². The summed E-state index contributed by atoms with van der Waals surface area (Å²) in [6.07, 6.45) is 1.03. The van der Waals surface area contributed by atoms with Crippen LogP contribution in [0.3, 0.4) is 0 Å². The van der Waals surface area contributed by atoms with Crippen LogP contribution in [0.1, 0.15) is 16.7 Å². The lowest BCUT2D eigenvalue weighted by molar-refractivity contribution is -0.137. The summed E-state index contributed by atoms with van der Waals surface area (Å²) in [7, 11) is 0. The first-order valence-corrected chi connectivity index (χ1v) is 12.9. The molecule has 6 nitrogen and oxygen atoms in total. The number of amides is 2. The van der Waals surface area contributed by atoms with Crippen LogP contribution in [-0.4, -0.2) is 55.0 Å². The Kier molecular flexibility index (Phi) is 7.54. The molecule has 0 radical (unpaired) electrons. The fraction of sp³-hybridized carbons (Fsp3) is 0.310. The first-order chi connectivity index (χ1) is 17.6. The predicted molar refractivity (Wildman–Crippen MR) is 143 cm³/mol. The van der Waals surface area contributed by atoms with Crippen LogP contribution in [0, 0.1) is 0 Å². The van der Waals surface area contributed by atoms with Crippen LogP contribution in [0.4, 0.5) is 5.69 Å². The highest BCUT2D eigenvalue weighted by molar-refractivity contribution is 6.30. The van der Waals surface area contributed by atoms with Gasteiger partial charge in [-0.1, -0.05) is 66.2 Å². The van der Waals surface area contributed by atoms with E-state index in [1.54, 1.807) is 0 Å². The maximum Gasteiger partial charge on any atom is 0.245 e. The van der Waals surface area contributed by atoms with Gasteiger partial charge >= 0.3 is 0 Å². The molecule has 7 heteroatoms. The van der Waals surface area contributed by atoms with Gasteiger partial charge in [0, 0.05) is 49.9 Å². The molecule has 2 heterocycles. The molecule has 2 aliphatic rings. The number of halogens is 1. The fourth-order valence-corrected chi connectivity index (χ4v) is 5.14. The Balaban J connectivity index is 1.27. The first-order valence-electron chi connectivity index (χ1n) is 12.5. The molecule has 5 rings (SSSR count). The van der Waals surface area contributed by atoms with E-state index in [0.29, 0.717) is 37.5 Å². The van der Waals surface area contributed by atoms with E-state index < -0.39 is 6.04 Å². The molecular formula is C29H31ClN4O2. The van der Waals surface area contributed by atoms with Crippen LogP contribution in [-0.2, 0) is 29.0 Å². The van der Waals surface area contributed by atoms with Crippen molar-refractivity contribution in [2.24, 2.45) is 0 Å². The molecule has 0 aromatic heterocycles. The number of carbonyl (C=O) groups excluding carboxylic acids is 2. The van der Waals surface area contributed by atoms with E-state index in [4.69, 9.17) is 11.6 Å². The van der Waals surface area contributed by atoms with Gasteiger partial charge in [-0.25, -0.2) is 0 Å². The number of benzene rings is 3. The summed E-state index contributed by atoms with van der Waals surface area (Å²) in [4.78, 5) is 31.2. The van der Waals surface area contributed by atoms with Crippen molar-refractivity contribution in [2.75, 3.05) is 31.1 Å². The molecule has 0 aliphatic carbocycles. The van der Waals surface area contributed by atoms with E-state index in [2.05, 4.69) is 39.8 Å². The number of nitrogens with one attached hydrogen (secondary N) is 2. The van der Waals surface area contributed by atoms with E-state index in [-0.39, 0.29) is 17.9 Å². The SMILES string of the molecule is O=C(N[C@H](Cc1ccc(Cl)cc1)C(=O)N1CCN(c2ccccc2)CC1)[C@H]1Cc2ccccc2CN1. The second-order valence-electron chi connectivity index (χ2n) is 9.45. The van der Waals surface area contributed by atoms with Crippen molar-refractivity contribution < 1.29 is 9.59 Å². The third kappa shape index (κ3) is 5.72. The Morgan fingerprint density at radius 2 is 1.56 bits per heavy atom. The Morgan fingerprint density at radius 1 is 0.889 bits per heavy atom. The van der Waals surface area contributed by atoms with Crippen LogP contribution >= 0.6 is 11.6 Å². The molecule has 3 aromatic rings. The maximum atomic E-state index is 13.7. The standard InChI is InChI=1S/C29H31ClN4O2/c30-24-12-10-21(11-13-24)18-27(32-28(35)26-19-22-6-4-5-7-23(22)20-31-26)29(36)34-16-14-33(15-17-34)25-8-2-1-3-9-25/h1-13,26-27,31H,14-20H2,(H,32,35)/t26-,27-/m1/s1. The van der Waals surface area contributed by atoms with E-state index in [0.717, 1.165) is 18.7 Å². The van der Waals surface area contributed by atoms with Gasteiger partial charge in [0.2, 0.25) is 11.8 Å². The summed E-state index contributed by atoms with van der Waals surface area (Å²) in [5.74, 6) is -0.179. The van der Waals surface area contributed by atoms with E-state index in [9.17, 15) is 9.59 Å². The smallest absolute Gasteiger partial charge is 0.245 e. The van der Waals surface area contributed by atoms with Crippen LogP contribution in [0.5, 0.6) is 0 Å². The summed E-state index contributed by atoms with van der Waals surface area (Å²) in [6.45, 7) is 3.41. The second-order valence-corrected chi connectivity index (χ2v) is 9.88. The van der Waals surface area contributed by atoms with Crippen LogP contribution in [0.25, 0.3) is 0 Å². The molecule has 2 N–H and O–H groups in total. The number of piperazine rings is 1. The average Bonchev–Trinajstić information content (AvgIpc) is 2.93. The van der Waals surface area contributed by atoms with Crippen molar-refractivity contribution in [3.8, 4) is 0 Å². The molecule has 0 bridgehead atoms. The topological polar surface area (TPSA) is 64.7 Å². The summed E-state index contributed by atoms with van der Waals surface area (Å²) in [6, 6.07) is 24.9. The summed E-state index contributed by atoms with van der Waals surface area (Å²) < 4.78 is 0. The highest BCUT2D eigenvalue weighted by atomic mass is 35.5. The average molecular weight is 503 g/mol. The minimum Gasteiger partial charge on any atom is -0.368 e. The van der Waals surface area contributed by atoms with Crippen molar-refractivity contribution in [3.63, 3.8) is 0 Å². The fourth-order valence-electron chi connectivity index (χ4n) is 5.01. The molecule has 3 aromatic carbocycles. The quantitative estimate of drug-likeness (QED) is 0.542. The van der Waals surface area contributed by atoms with E-state index in [1.165, 1.54) is 16.8 Å². The number of fused-ring (bicyclic) bond motifs is 1. The van der Waals surface area contributed by atoms with Gasteiger partial charge in [-0.3, -0.25) is 9.59 Å². The molecule has 1 fully saturated rings. The highest BCUT2D eigenvalue weighted by Crippen LogP contribution is 2.19. The molecule has 0 spiro atoms. The minimum atomic E-state index is -0.638. The van der Waals surface area contributed by atoms with Gasteiger partial charge in [-0.05, 0) is 47.4 Å². The van der Waals surface area contributed by atoms with Gasteiger partial charge in [-0.15, -0.1) is 0 Å². The third-order valence-electron chi connectivity index (χ3n) is 7.08. The molecule has 0 unspecified atom stereocenters. The Bertz CT molecular complexity index is 1190. The van der Waals surface area contributed by atoms with Crippen molar-refractivity contribution >= 4 is 29.1 Å². The molecule has 2 atom stereocenters. The maximum absolute atomic E-state index is 13.7. The largest absolute Gasteiger partial charge is 0.368 e. The first kappa shape index (κ1) is 24.3. The van der Waals surface area contributed by atoms with Gasteiger partial charge in [0.25, 0.3) is 0 Å². The molecule has 1 saturated heterocycles. The number of carbonyl (C=O) groups is 2. The zero-order valence-electron chi connectivity index (χ0n) is 20.2. The molecule has 2 aliphatic heterocycles. The Morgan fingerprint density at radius 3 is 2.28 bits per heavy atom. The lowest BCUT2D eigenvalue weighted by Gasteiger charge is -2.38. The van der Waals surface area contributed by atoms with Crippen LogP contribution < -0.4 is 15.5 Å². The number of rotatable bonds is 6. The molecule has 2 amide bonds. The van der Waals surface area contributed by atoms with Gasteiger partial charge < -0.3 is 20.4 Å². The van der Waals surface area contributed by atoms with Gasteiger partial charge in [0.05, 0.1) is 6.04 Å². The Hall–Kier alpha value is -3.35. The second kappa shape index (κ2) is 11.1.